The van der Waals surface area contributed by atoms with Gasteiger partial charge in [0.15, 0.2) is 0 Å². The Morgan fingerprint density at radius 3 is 2.84 bits per heavy atom. The van der Waals surface area contributed by atoms with E-state index in [0.29, 0.717) is 12.1 Å². The number of fused-ring (bicyclic) bond motifs is 3. The minimum absolute atomic E-state index is 0.655. The van der Waals surface area contributed by atoms with Crippen LogP contribution >= 0.6 is 0 Å². The van der Waals surface area contributed by atoms with Gasteiger partial charge in [0.2, 0.25) is 0 Å². The van der Waals surface area contributed by atoms with Crippen LogP contribution in [-0.2, 0) is 13.0 Å². The first-order valence-electron chi connectivity index (χ1n) is 7.63. The van der Waals surface area contributed by atoms with E-state index in [9.17, 15) is 0 Å². The predicted octanol–water partition coefficient (Wildman–Crippen LogP) is 3.74. The quantitative estimate of drug-likeness (QED) is 0.752. The van der Waals surface area contributed by atoms with E-state index < -0.39 is 0 Å². The summed E-state index contributed by atoms with van der Waals surface area (Å²) in [5, 5.41) is 1.51. The Morgan fingerprint density at radius 1 is 1.16 bits per heavy atom. The molecule has 0 saturated carbocycles. The lowest BCUT2D eigenvalue weighted by molar-refractivity contribution is 0.106. The Kier molecular flexibility index (Phi) is 2.49. The molecule has 0 fully saturated rings. The summed E-state index contributed by atoms with van der Waals surface area (Å²) in [6.45, 7) is 7.04. The molecule has 2 heteroatoms. The lowest BCUT2D eigenvalue weighted by Gasteiger charge is -2.42. The van der Waals surface area contributed by atoms with Crippen molar-refractivity contribution in [1.82, 2.24) is 9.47 Å². The highest BCUT2D eigenvalue weighted by molar-refractivity contribution is 5.86. The molecule has 1 aliphatic heterocycles. The van der Waals surface area contributed by atoms with Gasteiger partial charge in [-0.25, -0.2) is 0 Å². The largest absolute Gasteiger partial charge is 0.342 e. The van der Waals surface area contributed by atoms with Crippen molar-refractivity contribution in [2.24, 2.45) is 0 Å². The van der Waals surface area contributed by atoms with Gasteiger partial charge >= 0.3 is 0 Å². The first-order valence-corrected chi connectivity index (χ1v) is 7.63. The van der Waals surface area contributed by atoms with E-state index in [1.54, 1.807) is 11.3 Å². The molecule has 0 N–H and O–H groups in total. The highest BCUT2D eigenvalue weighted by Gasteiger charge is 2.35. The molecule has 1 aromatic carbocycles. The van der Waals surface area contributed by atoms with Gasteiger partial charge < -0.3 is 4.57 Å². The van der Waals surface area contributed by atoms with Crippen molar-refractivity contribution < 1.29 is 0 Å². The normalized spacial score (nSPS) is 23.0. The van der Waals surface area contributed by atoms with Crippen LogP contribution in [0.1, 0.15) is 44.0 Å². The van der Waals surface area contributed by atoms with Crippen molar-refractivity contribution in [1.29, 1.82) is 0 Å². The summed E-state index contributed by atoms with van der Waals surface area (Å²) in [6, 6.07) is 10.3. The van der Waals surface area contributed by atoms with Crippen molar-refractivity contribution in [2.75, 3.05) is 6.54 Å². The minimum Gasteiger partial charge on any atom is -0.342 e. The van der Waals surface area contributed by atoms with Crippen LogP contribution in [0.4, 0.5) is 0 Å². The second-order valence-electron chi connectivity index (χ2n) is 6.27. The van der Waals surface area contributed by atoms with Gasteiger partial charge in [0.1, 0.15) is 0 Å². The number of benzene rings is 1. The highest BCUT2D eigenvalue weighted by Crippen LogP contribution is 2.42. The van der Waals surface area contributed by atoms with E-state index in [1.165, 1.54) is 36.7 Å². The van der Waals surface area contributed by atoms with Crippen LogP contribution in [0.5, 0.6) is 0 Å². The standard InChI is InChI=1S/C17H22N2/c1-12(2)18-10-11-19-15-8-4-3-6-13(15)14-7-5-9-16(18)17(14)19/h3-4,6,8,12,16H,5,7,9-11H2,1-2H3. The maximum Gasteiger partial charge on any atom is 0.0507 e. The summed E-state index contributed by atoms with van der Waals surface area (Å²) in [4.78, 5) is 2.71. The first kappa shape index (κ1) is 11.5. The fourth-order valence-electron chi connectivity index (χ4n) is 4.20. The van der Waals surface area contributed by atoms with Gasteiger partial charge in [-0.1, -0.05) is 18.2 Å². The van der Waals surface area contributed by atoms with Crippen LogP contribution in [0.15, 0.2) is 24.3 Å². The summed E-state index contributed by atoms with van der Waals surface area (Å²) < 4.78 is 2.60. The second kappa shape index (κ2) is 4.11. The molecule has 2 aromatic rings. The van der Waals surface area contributed by atoms with Gasteiger partial charge in [0, 0.05) is 35.7 Å². The Balaban J connectivity index is 1.97. The smallest absolute Gasteiger partial charge is 0.0507 e. The molecule has 1 aliphatic carbocycles. The van der Waals surface area contributed by atoms with E-state index in [-0.39, 0.29) is 0 Å². The molecule has 100 valence electrons. The maximum absolute atomic E-state index is 2.71. The van der Waals surface area contributed by atoms with Gasteiger partial charge in [-0.15, -0.1) is 0 Å². The minimum atomic E-state index is 0.655. The number of para-hydroxylation sites is 1. The van der Waals surface area contributed by atoms with Crippen LogP contribution in [0.2, 0.25) is 0 Å². The summed E-state index contributed by atoms with van der Waals surface area (Å²) in [7, 11) is 0. The van der Waals surface area contributed by atoms with E-state index in [1.807, 2.05) is 0 Å². The summed E-state index contributed by atoms with van der Waals surface area (Å²) in [6.07, 6.45) is 3.95. The molecule has 4 rings (SSSR count). The van der Waals surface area contributed by atoms with Crippen molar-refractivity contribution in [2.45, 2.75) is 51.7 Å². The molecule has 1 atom stereocenters. The summed E-state index contributed by atoms with van der Waals surface area (Å²) >= 11 is 0. The fourth-order valence-corrected chi connectivity index (χ4v) is 4.20. The zero-order valence-electron chi connectivity index (χ0n) is 11.9. The Hall–Kier alpha value is -1.28. The van der Waals surface area contributed by atoms with Gasteiger partial charge in [-0.2, -0.15) is 0 Å². The van der Waals surface area contributed by atoms with Crippen LogP contribution in [0, 0.1) is 0 Å². The van der Waals surface area contributed by atoms with Crippen molar-refractivity contribution in [3.8, 4) is 0 Å². The molecule has 0 radical (unpaired) electrons. The number of rotatable bonds is 1. The van der Waals surface area contributed by atoms with Crippen LogP contribution < -0.4 is 0 Å². The third-order valence-corrected chi connectivity index (χ3v) is 4.99. The van der Waals surface area contributed by atoms with Crippen LogP contribution in [-0.4, -0.2) is 22.1 Å². The molecule has 0 spiro atoms. The molecule has 1 unspecified atom stereocenters. The van der Waals surface area contributed by atoms with Crippen LogP contribution in [0.3, 0.4) is 0 Å². The summed E-state index contributed by atoms with van der Waals surface area (Å²) in [5.74, 6) is 0. The Morgan fingerprint density at radius 2 is 2.00 bits per heavy atom. The fraction of sp³-hybridized carbons (Fsp3) is 0.529. The maximum atomic E-state index is 2.71. The van der Waals surface area contributed by atoms with E-state index >= 15 is 0 Å². The molecular weight excluding hydrogens is 232 g/mol. The lowest BCUT2D eigenvalue weighted by atomic mass is 9.89. The zero-order chi connectivity index (χ0) is 13.0. The lowest BCUT2D eigenvalue weighted by Crippen LogP contribution is -2.43. The average Bonchev–Trinajstić information content (AvgIpc) is 2.76. The highest BCUT2D eigenvalue weighted by atomic mass is 15.3. The summed E-state index contributed by atoms with van der Waals surface area (Å²) in [5.41, 5.74) is 4.73. The molecule has 0 amide bonds. The van der Waals surface area contributed by atoms with Crippen molar-refractivity contribution in [3.05, 3.63) is 35.5 Å². The van der Waals surface area contributed by atoms with Crippen LogP contribution in [0.25, 0.3) is 10.9 Å². The van der Waals surface area contributed by atoms with Gasteiger partial charge in [-0.05, 0) is 44.7 Å². The number of hydrogen-bond acceptors (Lipinski definition) is 1. The Labute approximate surface area is 115 Å². The number of hydrogen-bond donors (Lipinski definition) is 0. The van der Waals surface area contributed by atoms with Crippen molar-refractivity contribution in [3.63, 3.8) is 0 Å². The first-order chi connectivity index (χ1) is 9.27. The van der Waals surface area contributed by atoms with E-state index in [4.69, 9.17) is 0 Å². The monoisotopic (exact) mass is 254 g/mol. The number of nitrogens with zero attached hydrogens (tertiary/aromatic N) is 2. The molecule has 19 heavy (non-hydrogen) atoms. The van der Waals surface area contributed by atoms with E-state index in [0.717, 1.165) is 6.54 Å². The number of aryl methyl sites for hydroxylation is 1. The van der Waals surface area contributed by atoms with E-state index in [2.05, 4.69) is 47.6 Å². The van der Waals surface area contributed by atoms with Gasteiger partial charge in [0.25, 0.3) is 0 Å². The number of aromatic nitrogens is 1. The Bertz CT molecular complexity index is 590. The second-order valence-corrected chi connectivity index (χ2v) is 6.27. The molecular formula is C17H22N2. The molecule has 2 nitrogen and oxygen atoms in total. The molecule has 1 aromatic heterocycles. The SMILES string of the molecule is CC(C)N1CCn2c3c(c4ccccc42)CCCC31. The average molecular weight is 254 g/mol. The molecule has 0 bridgehead atoms. The molecule has 2 heterocycles. The van der Waals surface area contributed by atoms with Crippen molar-refractivity contribution >= 4 is 10.9 Å². The zero-order valence-corrected chi connectivity index (χ0v) is 11.9. The van der Waals surface area contributed by atoms with Gasteiger partial charge in [-0.3, -0.25) is 4.90 Å². The third-order valence-electron chi connectivity index (χ3n) is 4.99. The topological polar surface area (TPSA) is 8.17 Å². The molecule has 2 aliphatic rings. The molecule has 0 saturated heterocycles. The third kappa shape index (κ3) is 1.53. The van der Waals surface area contributed by atoms with Gasteiger partial charge in [0.05, 0.1) is 6.04 Å². The predicted molar refractivity (Wildman–Crippen MR) is 79.5 cm³/mol.